The van der Waals surface area contributed by atoms with Crippen molar-refractivity contribution in [3.05, 3.63) is 48.0 Å². The molecule has 0 aromatic heterocycles. The summed E-state index contributed by atoms with van der Waals surface area (Å²) in [7, 11) is 0. The summed E-state index contributed by atoms with van der Waals surface area (Å²) in [6, 6.07) is 10.5. The fourth-order valence-corrected chi connectivity index (χ4v) is 2.20. The Morgan fingerprint density at radius 3 is 2.25 bits per heavy atom. The van der Waals surface area contributed by atoms with Gasteiger partial charge in [0.05, 0.1) is 0 Å². The van der Waals surface area contributed by atoms with Crippen LogP contribution in [0.25, 0.3) is 0 Å². The van der Waals surface area contributed by atoms with E-state index in [0.717, 1.165) is 25.7 Å². The zero-order valence-corrected chi connectivity index (χ0v) is 12.3. The molecule has 0 saturated carbocycles. The van der Waals surface area contributed by atoms with Gasteiger partial charge in [-0.15, -0.1) is 0 Å². The van der Waals surface area contributed by atoms with Gasteiger partial charge in [-0.1, -0.05) is 68.2 Å². The van der Waals surface area contributed by atoms with E-state index in [2.05, 4.69) is 36.4 Å². The number of hydrogen-bond donors (Lipinski definition) is 1. The number of rotatable bonds is 11. The number of benzene rings is 1. The van der Waals surface area contributed by atoms with Gasteiger partial charge in [-0.05, 0) is 31.2 Å². The molecular weight excluding hydrogens is 248 g/mol. The Labute approximate surface area is 122 Å². The minimum absolute atomic E-state index is 0.322. The first-order chi connectivity index (χ1) is 9.79. The lowest BCUT2D eigenvalue weighted by Crippen LogP contribution is -1.93. The lowest BCUT2D eigenvalue weighted by atomic mass is 10.1. The number of aliphatic carboxylic acids is 1. The predicted molar refractivity (Wildman–Crippen MR) is 83.9 cm³/mol. The molecule has 0 amide bonds. The Morgan fingerprint density at radius 2 is 1.55 bits per heavy atom. The van der Waals surface area contributed by atoms with Crippen molar-refractivity contribution in [2.75, 3.05) is 0 Å². The molecule has 0 spiro atoms. The summed E-state index contributed by atoms with van der Waals surface area (Å²) < 4.78 is 0. The monoisotopic (exact) mass is 274 g/mol. The highest BCUT2D eigenvalue weighted by molar-refractivity contribution is 5.66. The summed E-state index contributed by atoms with van der Waals surface area (Å²) in [6.07, 6.45) is 13.8. The first kappa shape index (κ1) is 16.5. The molecule has 2 heteroatoms. The van der Waals surface area contributed by atoms with Crippen LogP contribution in [-0.2, 0) is 11.2 Å². The van der Waals surface area contributed by atoms with E-state index in [1.54, 1.807) is 0 Å². The lowest BCUT2D eigenvalue weighted by Gasteiger charge is -1.99. The fourth-order valence-electron chi connectivity index (χ4n) is 2.20. The van der Waals surface area contributed by atoms with Gasteiger partial charge >= 0.3 is 5.97 Å². The molecule has 0 heterocycles. The average Bonchev–Trinajstić information content (AvgIpc) is 2.45. The Morgan fingerprint density at radius 1 is 0.900 bits per heavy atom. The highest BCUT2D eigenvalue weighted by atomic mass is 16.4. The van der Waals surface area contributed by atoms with Crippen LogP contribution in [0.1, 0.15) is 56.9 Å². The summed E-state index contributed by atoms with van der Waals surface area (Å²) in [4.78, 5) is 10.3. The van der Waals surface area contributed by atoms with E-state index in [4.69, 9.17) is 5.11 Å². The molecule has 0 aliphatic carbocycles. The molecule has 1 aromatic carbocycles. The van der Waals surface area contributed by atoms with Crippen LogP contribution < -0.4 is 0 Å². The molecule has 20 heavy (non-hydrogen) atoms. The predicted octanol–water partition coefficient (Wildman–Crippen LogP) is 4.99. The highest BCUT2D eigenvalue weighted by Gasteiger charge is 1.96. The van der Waals surface area contributed by atoms with Crippen LogP contribution in [0.5, 0.6) is 0 Å². The molecule has 1 N–H and O–H groups in total. The smallest absolute Gasteiger partial charge is 0.303 e. The van der Waals surface area contributed by atoms with Gasteiger partial charge in [0.1, 0.15) is 0 Å². The molecule has 0 aliphatic rings. The van der Waals surface area contributed by atoms with Crippen LogP contribution in [-0.4, -0.2) is 11.1 Å². The van der Waals surface area contributed by atoms with Crippen molar-refractivity contribution in [1.29, 1.82) is 0 Å². The standard InChI is InChI=1S/C18H26O2/c19-18(20)16-12-7-5-3-1-2-4-6-9-13-17-14-10-8-11-15-17/h6,8-11,14-15H,1-5,7,12-13,16H2,(H,19,20). The summed E-state index contributed by atoms with van der Waals surface area (Å²) >= 11 is 0. The van der Waals surface area contributed by atoms with Crippen LogP contribution in [0.4, 0.5) is 0 Å². The van der Waals surface area contributed by atoms with Gasteiger partial charge in [0, 0.05) is 6.42 Å². The highest BCUT2D eigenvalue weighted by Crippen LogP contribution is 2.09. The van der Waals surface area contributed by atoms with Gasteiger partial charge in [0.25, 0.3) is 0 Å². The van der Waals surface area contributed by atoms with Crippen molar-refractivity contribution in [2.45, 2.75) is 57.8 Å². The van der Waals surface area contributed by atoms with Crippen LogP contribution >= 0.6 is 0 Å². The van der Waals surface area contributed by atoms with Crippen LogP contribution in [0.3, 0.4) is 0 Å². The van der Waals surface area contributed by atoms with Crippen molar-refractivity contribution in [3.8, 4) is 0 Å². The molecule has 0 radical (unpaired) electrons. The van der Waals surface area contributed by atoms with Crippen molar-refractivity contribution in [3.63, 3.8) is 0 Å². The van der Waals surface area contributed by atoms with Gasteiger partial charge in [0.15, 0.2) is 0 Å². The van der Waals surface area contributed by atoms with Gasteiger partial charge in [-0.2, -0.15) is 0 Å². The van der Waals surface area contributed by atoms with Crippen molar-refractivity contribution in [2.24, 2.45) is 0 Å². The Bertz CT molecular complexity index is 382. The molecule has 2 nitrogen and oxygen atoms in total. The van der Waals surface area contributed by atoms with Crippen LogP contribution in [0.15, 0.2) is 42.5 Å². The van der Waals surface area contributed by atoms with Crippen molar-refractivity contribution in [1.82, 2.24) is 0 Å². The van der Waals surface area contributed by atoms with Crippen LogP contribution in [0.2, 0.25) is 0 Å². The third-order valence-corrected chi connectivity index (χ3v) is 3.37. The molecule has 1 aromatic rings. The van der Waals surface area contributed by atoms with Crippen molar-refractivity contribution < 1.29 is 9.90 Å². The Hall–Kier alpha value is -1.57. The maximum atomic E-state index is 10.3. The largest absolute Gasteiger partial charge is 0.481 e. The zero-order chi connectivity index (χ0) is 14.5. The number of allylic oxidation sites excluding steroid dienone is 2. The molecule has 0 aliphatic heterocycles. The molecule has 0 saturated heterocycles. The molecule has 1 rings (SSSR count). The van der Waals surface area contributed by atoms with E-state index in [1.165, 1.54) is 31.2 Å². The van der Waals surface area contributed by atoms with Gasteiger partial charge in [-0.25, -0.2) is 0 Å². The molecule has 0 unspecified atom stereocenters. The maximum absolute atomic E-state index is 10.3. The summed E-state index contributed by atoms with van der Waals surface area (Å²) in [5.74, 6) is -0.673. The minimum Gasteiger partial charge on any atom is -0.481 e. The second kappa shape index (κ2) is 11.3. The normalized spacial score (nSPS) is 11.0. The number of carboxylic acids is 1. The molecular formula is C18H26O2. The number of carboxylic acid groups (broad SMARTS) is 1. The first-order valence-corrected chi connectivity index (χ1v) is 7.70. The second-order valence-corrected chi connectivity index (χ2v) is 5.21. The number of unbranched alkanes of at least 4 members (excludes halogenated alkanes) is 6. The van der Waals surface area contributed by atoms with Gasteiger partial charge in [0.2, 0.25) is 0 Å². The Balaban J connectivity index is 1.88. The van der Waals surface area contributed by atoms with Crippen LogP contribution in [0, 0.1) is 0 Å². The maximum Gasteiger partial charge on any atom is 0.303 e. The summed E-state index contributed by atoms with van der Waals surface area (Å²) in [5, 5.41) is 8.51. The molecule has 110 valence electrons. The molecule has 0 atom stereocenters. The van der Waals surface area contributed by atoms with Crippen molar-refractivity contribution >= 4 is 5.97 Å². The van der Waals surface area contributed by atoms with E-state index in [0.29, 0.717) is 6.42 Å². The Kier molecular flexibility index (Phi) is 9.29. The van der Waals surface area contributed by atoms with E-state index in [1.807, 2.05) is 6.07 Å². The fraction of sp³-hybridized carbons (Fsp3) is 0.500. The third kappa shape index (κ3) is 9.37. The quantitative estimate of drug-likeness (QED) is 0.456. The van der Waals surface area contributed by atoms with E-state index in [9.17, 15) is 4.79 Å². The average molecular weight is 274 g/mol. The zero-order valence-electron chi connectivity index (χ0n) is 12.3. The van der Waals surface area contributed by atoms with Gasteiger partial charge in [-0.3, -0.25) is 4.79 Å². The second-order valence-electron chi connectivity index (χ2n) is 5.21. The summed E-state index contributed by atoms with van der Waals surface area (Å²) in [6.45, 7) is 0. The number of hydrogen-bond acceptors (Lipinski definition) is 1. The van der Waals surface area contributed by atoms with E-state index >= 15 is 0 Å². The topological polar surface area (TPSA) is 37.3 Å². The van der Waals surface area contributed by atoms with E-state index < -0.39 is 5.97 Å². The molecule has 0 fully saturated rings. The molecule has 0 bridgehead atoms. The summed E-state index contributed by atoms with van der Waals surface area (Å²) in [5.41, 5.74) is 1.36. The lowest BCUT2D eigenvalue weighted by molar-refractivity contribution is -0.137. The minimum atomic E-state index is -0.673. The number of carbonyl (C=O) groups is 1. The van der Waals surface area contributed by atoms with E-state index in [-0.39, 0.29) is 0 Å². The van der Waals surface area contributed by atoms with Gasteiger partial charge < -0.3 is 5.11 Å². The first-order valence-electron chi connectivity index (χ1n) is 7.70. The third-order valence-electron chi connectivity index (χ3n) is 3.37. The SMILES string of the molecule is O=C(O)CCCCCCCCC=CCc1ccccc1.